The smallest absolute Gasteiger partial charge is 0.153 e. The molecule has 4 nitrogen and oxygen atoms in total. The van der Waals surface area contributed by atoms with Gasteiger partial charge in [0.05, 0.1) is 11.7 Å². The lowest BCUT2D eigenvalue weighted by Gasteiger charge is -2.35. The van der Waals surface area contributed by atoms with Crippen LogP contribution in [0, 0.1) is 6.20 Å². The number of nitrogens with one attached hydrogen (secondary N) is 1. The Kier molecular flexibility index (Phi) is 2.97. The van der Waals surface area contributed by atoms with Gasteiger partial charge in [-0.15, -0.1) is 0 Å². The molecule has 1 aromatic rings. The van der Waals surface area contributed by atoms with Gasteiger partial charge in [0, 0.05) is 25.8 Å². The predicted molar refractivity (Wildman–Crippen MR) is 57.8 cm³/mol. The zero-order valence-corrected chi connectivity index (χ0v) is 8.73. The first kappa shape index (κ1) is 10.1. The summed E-state index contributed by atoms with van der Waals surface area (Å²) in [4.78, 5) is 17.5. The Balaban J connectivity index is 2.22. The molecular weight excluding hydrogens is 190 g/mol. The average molecular weight is 204 g/mol. The van der Waals surface area contributed by atoms with Gasteiger partial charge in [-0.3, -0.25) is 9.78 Å². The molecule has 15 heavy (non-hydrogen) atoms. The molecule has 1 fully saturated rings. The van der Waals surface area contributed by atoms with Gasteiger partial charge in [0.15, 0.2) is 5.78 Å². The Labute approximate surface area is 89.3 Å². The monoisotopic (exact) mass is 204 g/mol. The van der Waals surface area contributed by atoms with Crippen LogP contribution in [0.15, 0.2) is 18.3 Å². The molecule has 1 saturated heterocycles. The maximum absolute atomic E-state index is 11.5. The molecule has 4 heteroatoms. The van der Waals surface area contributed by atoms with Crippen molar-refractivity contribution in [2.45, 2.75) is 13.0 Å². The van der Waals surface area contributed by atoms with Gasteiger partial charge in [-0.1, -0.05) is 0 Å². The molecule has 1 atom stereocenters. The lowest BCUT2D eigenvalue weighted by molar-refractivity contribution is -0.118. The summed E-state index contributed by atoms with van der Waals surface area (Å²) in [6.07, 6.45) is 4.61. The number of anilines is 1. The fourth-order valence-electron chi connectivity index (χ4n) is 1.83. The Morgan fingerprint density at radius 2 is 2.60 bits per heavy atom. The van der Waals surface area contributed by atoms with E-state index in [1.807, 2.05) is 12.1 Å². The predicted octanol–water partition coefficient (Wildman–Crippen LogP) is 0.249. The molecule has 2 rings (SSSR count). The molecule has 0 aliphatic carbocycles. The fraction of sp³-hybridized carbons (Fsp3) is 0.455. The number of Topliss-reactive ketones (excluding diaryl/α,β-unsaturated/α-hetero) is 1. The van der Waals surface area contributed by atoms with Gasteiger partial charge >= 0.3 is 0 Å². The molecule has 1 N–H and O–H groups in total. The van der Waals surface area contributed by atoms with E-state index in [1.165, 1.54) is 0 Å². The first-order valence-electron chi connectivity index (χ1n) is 5.09. The van der Waals surface area contributed by atoms with Crippen molar-refractivity contribution in [2.24, 2.45) is 0 Å². The van der Waals surface area contributed by atoms with E-state index in [2.05, 4.69) is 21.4 Å². The third-order valence-electron chi connectivity index (χ3n) is 2.62. The number of ketones is 1. The van der Waals surface area contributed by atoms with Crippen LogP contribution in [0.2, 0.25) is 0 Å². The highest BCUT2D eigenvalue weighted by Gasteiger charge is 2.25. The Hall–Kier alpha value is -1.42. The maximum atomic E-state index is 11.5. The molecule has 1 unspecified atom stereocenters. The lowest BCUT2D eigenvalue weighted by atomic mass is 10.1. The summed E-state index contributed by atoms with van der Waals surface area (Å²) in [5.74, 6) is 0.180. The summed E-state index contributed by atoms with van der Waals surface area (Å²) in [6.45, 7) is 4.05. The molecule has 1 aliphatic rings. The summed E-state index contributed by atoms with van der Waals surface area (Å²) in [6, 6.07) is 3.72. The van der Waals surface area contributed by atoms with Gasteiger partial charge in [0.2, 0.25) is 0 Å². The standard InChI is InChI=1S/C11H14N3O/c1-9(15)11-8-13-5-6-14(11)10-3-2-4-12-7-10/h2-4,11,13H,5-6,8H2,1H3. The molecule has 0 aromatic carbocycles. The van der Waals surface area contributed by atoms with E-state index in [0.29, 0.717) is 6.54 Å². The van der Waals surface area contributed by atoms with Crippen LogP contribution in [0.1, 0.15) is 6.92 Å². The number of hydrogen-bond acceptors (Lipinski definition) is 4. The van der Waals surface area contributed by atoms with E-state index >= 15 is 0 Å². The summed E-state index contributed by atoms with van der Waals surface area (Å²) in [7, 11) is 0. The van der Waals surface area contributed by atoms with Gasteiger partial charge < -0.3 is 10.2 Å². The average Bonchev–Trinajstić information content (AvgIpc) is 2.30. The van der Waals surface area contributed by atoms with E-state index in [4.69, 9.17) is 0 Å². The maximum Gasteiger partial charge on any atom is 0.153 e. The van der Waals surface area contributed by atoms with Crippen molar-refractivity contribution in [3.05, 3.63) is 24.5 Å². The molecule has 1 aromatic heterocycles. The molecular formula is C11H14N3O. The first-order chi connectivity index (χ1) is 7.29. The van der Waals surface area contributed by atoms with Crippen LogP contribution in [0.3, 0.4) is 0 Å². The summed E-state index contributed by atoms with van der Waals surface area (Å²) >= 11 is 0. The van der Waals surface area contributed by atoms with Crippen molar-refractivity contribution in [2.75, 3.05) is 24.5 Å². The number of rotatable bonds is 2. The molecule has 0 amide bonds. The highest BCUT2D eigenvalue weighted by Crippen LogP contribution is 2.16. The molecule has 1 aliphatic heterocycles. The Bertz CT molecular complexity index is 339. The zero-order valence-electron chi connectivity index (χ0n) is 8.73. The SMILES string of the molecule is CC(=O)C1CNCCN1c1[c]nccc1. The second kappa shape index (κ2) is 4.40. The van der Waals surface area contributed by atoms with E-state index < -0.39 is 0 Å². The number of carbonyl (C=O) groups excluding carboxylic acids is 1. The van der Waals surface area contributed by atoms with Crippen molar-refractivity contribution in [3.63, 3.8) is 0 Å². The topological polar surface area (TPSA) is 45.2 Å². The number of carbonyl (C=O) groups is 1. The van der Waals surface area contributed by atoms with Gasteiger partial charge in [0.1, 0.15) is 6.20 Å². The largest absolute Gasteiger partial charge is 0.357 e. The molecule has 0 spiro atoms. The third kappa shape index (κ3) is 2.15. The molecule has 0 saturated carbocycles. The number of aromatic nitrogens is 1. The van der Waals surface area contributed by atoms with Crippen LogP contribution in [0.25, 0.3) is 0 Å². The van der Waals surface area contributed by atoms with Gasteiger partial charge in [-0.25, -0.2) is 0 Å². The van der Waals surface area contributed by atoms with Gasteiger partial charge in [-0.2, -0.15) is 0 Å². The molecule has 0 bridgehead atoms. The second-order valence-electron chi connectivity index (χ2n) is 3.66. The van der Waals surface area contributed by atoms with Crippen molar-refractivity contribution in [3.8, 4) is 0 Å². The minimum atomic E-state index is -0.0841. The van der Waals surface area contributed by atoms with Crippen molar-refractivity contribution < 1.29 is 4.79 Å². The number of piperazine rings is 1. The summed E-state index contributed by atoms with van der Waals surface area (Å²) in [5.41, 5.74) is 0.902. The van der Waals surface area contributed by atoms with Crippen LogP contribution < -0.4 is 10.2 Å². The van der Waals surface area contributed by atoms with Crippen molar-refractivity contribution in [1.82, 2.24) is 10.3 Å². The minimum absolute atomic E-state index is 0.0841. The number of nitrogens with zero attached hydrogens (tertiary/aromatic N) is 2. The number of pyridine rings is 1. The molecule has 1 radical (unpaired) electrons. The Morgan fingerprint density at radius 1 is 1.73 bits per heavy atom. The fourth-order valence-corrected chi connectivity index (χ4v) is 1.83. The quantitative estimate of drug-likeness (QED) is 0.750. The highest BCUT2D eigenvalue weighted by atomic mass is 16.1. The van der Waals surface area contributed by atoms with Crippen LogP contribution in [0.5, 0.6) is 0 Å². The van der Waals surface area contributed by atoms with E-state index in [-0.39, 0.29) is 11.8 Å². The lowest BCUT2D eigenvalue weighted by Crippen LogP contribution is -2.54. The van der Waals surface area contributed by atoms with Gasteiger partial charge in [-0.05, 0) is 19.1 Å². The van der Waals surface area contributed by atoms with Crippen molar-refractivity contribution >= 4 is 11.5 Å². The first-order valence-corrected chi connectivity index (χ1v) is 5.09. The molecule has 79 valence electrons. The van der Waals surface area contributed by atoms with Crippen LogP contribution in [-0.4, -0.2) is 36.4 Å². The van der Waals surface area contributed by atoms with Crippen LogP contribution >= 0.6 is 0 Å². The Morgan fingerprint density at radius 3 is 3.27 bits per heavy atom. The van der Waals surface area contributed by atoms with Gasteiger partial charge in [0.25, 0.3) is 0 Å². The van der Waals surface area contributed by atoms with Crippen LogP contribution in [-0.2, 0) is 4.79 Å². The van der Waals surface area contributed by atoms with Crippen molar-refractivity contribution in [1.29, 1.82) is 0 Å². The van der Waals surface area contributed by atoms with Crippen LogP contribution in [0.4, 0.5) is 5.69 Å². The highest BCUT2D eigenvalue weighted by molar-refractivity contribution is 5.85. The van der Waals surface area contributed by atoms with E-state index in [9.17, 15) is 4.79 Å². The third-order valence-corrected chi connectivity index (χ3v) is 2.62. The number of hydrogen-bond donors (Lipinski definition) is 1. The normalized spacial score (nSPS) is 21.4. The minimum Gasteiger partial charge on any atom is -0.357 e. The molecule has 2 heterocycles. The summed E-state index contributed by atoms with van der Waals surface area (Å²) in [5, 5.41) is 3.22. The van der Waals surface area contributed by atoms with E-state index in [1.54, 1.807) is 13.1 Å². The zero-order chi connectivity index (χ0) is 10.7. The second-order valence-corrected chi connectivity index (χ2v) is 3.66. The van der Waals surface area contributed by atoms with E-state index in [0.717, 1.165) is 18.8 Å². The summed E-state index contributed by atoms with van der Waals surface area (Å²) < 4.78 is 0.